The average Bonchev–Trinajstić information content (AvgIpc) is 2.83. The third kappa shape index (κ3) is 3.32. The second-order valence-electron chi connectivity index (χ2n) is 5.85. The van der Waals surface area contributed by atoms with Crippen LogP contribution in [0.5, 0.6) is 0 Å². The normalized spacial score (nSPS) is 11.3. The van der Waals surface area contributed by atoms with E-state index in [0.717, 1.165) is 52.5 Å². The first-order valence-corrected chi connectivity index (χ1v) is 8.33. The Balaban J connectivity index is 2.09. The van der Waals surface area contributed by atoms with Crippen LogP contribution in [0.15, 0.2) is 30.3 Å². The lowest BCUT2D eigenvalue weighted by atomic mass is 10.2. The van der Waals surface area contributed by atoms with Crippen LogP contribution in [0.25, 0.3) is 11.2 Å². The van der Waals surface area contributed by atoms with Gasteiger partial charge in [0.2, 0.25) is 0 Å². The van der Waals surface area contributed by atoms with Crippen molar-refractivity contribution in [1.82, 2.24) is 14.5 Å². The summed E-state index contributed by atoms with van der Waals surface area (Å²) in [7, 11) is 0. The van der Waals surface area contributed by atoms with Gasteiger partial charge in [0.15, 0.2) is 5.65 Å². The molecule has 0 fully saturated rings. The number of benzene rings is 1. The lowest BCUT2D eigenvalue weighted by Gasteiger charge is -2.09. The van der Waals surface area contributed by atoms with Crippen molar-refractivity contribution in [3.05, 3.63) is 52.4 Å². The lowest BCUT2D eigenvalue weighted by Crippen LogP contribution is -2.07. The molecule has 1 aromatic carbocycles. The maximum atomic E-state index is 6.12. The van der Waals surface area contributed by atoms with Gasteiger partial charge in [-0.05, 0) is 37.1 Å². The molecule has 120 valence electrons. The van der Waals surface area contributed by atoms with Gasteiger partial charge in [-0.2, -0.15) is 0 Å². The lowest BCUT2D eigenvalue weighted by molar-refractivity contribution is 0.686. The molecule has 2 heterocycles. The van der Waals surface area contributed by atoms with E-state index in [1.807, 2.05) is 31.2 Å². The van der Waals surface area contributed by atoms with Gasteiger partial charge in [0.05, 0.1) is 17.9 Å². The summed E-state index contributed by atoms with van der Waals surface area (Å²) in [5, 5.41) is 0.746. The molecule has 2 N–H and O–H groups in total. The number of rotatable bonds is 5. The van der Waals surface area contributed by atoms with Gasteiger partial charge < -0.3 is 10.3 Å². The highest BCUT2D eigenvalue weighted by Crippen LogP contribution is 2.22. The van der Waals surface area contributed by atoms with Crippen molar-refractivity contribution < 1.29 is 0 Å². The Bertz CT molecular complexity index is 838. The predicted octanol–water partition coefficient (Wildman–Crippen LogP) is 4.37. The first-order chi connectivity index (χ1) is 11.1. The van der Waals surface area contributed by atoms with Gasteiger partial charge in [0.25, 0.3) is 0 Å². The van der Waals surface area contributed by atoms with Gasteiger partial charge in [-0.15, -0.1) is 0 Å². The largest absolute Gasteiger partial charge is 0.397 e. The van der Waals surface area contributed by atoms with Crippen LogP contribution in [0, 0.1) is 6.92 Å². The molecule has 0 aliphatic carbocycles. The maximum Gasteiger partial charge on any atom is 0.160 e. The molecule has 0 aliphatic heterocycles. The summed E-state index contributed by atoms with van der Waals surface area (Å²) in [5.41, 5.74) is 10.4. The van der Waals surface area contributed by atoms with Crippen molar-refractivity contribution in [2.45, 2.75) is 39.7 Å². The number of hydrogen-bond donors (Lipinski definition) is 1. The molecule has 5 heteroatoms. The monoisotopic (exact) mass is 328 g/mol. The smallest absolute Gasteiger partial charge is 0.160 e. The Labute approximate surface area is 141 Å². The molecule has 0 radical (unpaired) electrons. The van der Waals surface area contributed by atoms with Gasteiger partial charge in [0, 0.05) is 11.4 Å². The number of aryl methyl sites for hydroxylation is 2. The molecule has 0 saturated carbocycles. The summed E-state index contributed by atoms with van der Waals surface area (Å²) in [4.78, 5) is 9.42. The van der Waals surface area contributed by atoms with Crippen LogP contribution >= 0.6 is 11.6 Å². The molecule has 3 rings (SSSR count). The highest BCUT2D eigenvalue weighted by Gasteiger charge is 2.14. The fraction of sp³-hybridized carbons (Fsp3) is 0.333. The fourth-order valence-corrected chi connectivity index (χ4v) is 2.92. The van der Waals surface area contributed by atoms with Crippen LogP contribution < -0.4 is 5.73 Å². The van der Waals surface area contributed by atoms with Crippen LogP contribution in [0.1, 0.15) is 36.8 Å². The summed E-state index contributed by atoms with van der Waals surface area (Å²) in [6, 6.07) is 9.84. The van der Waals surface area contributed by atoms with Gasteiger partial charge in [-0.3, -0.25) is 0 Å². The van der Waals surface area contributed by atoms with E-state index in [4.69, 9.17) is 22.3 Å². The summed E-state index contributed by atoms with van der Waals surface area (Å²) in [5.74, 6) is 1.05. The van der Waals surface area contributed by atoms with Gasteiger partial charge in [-0.1, -0.05) is 37.1 Å². The number of pyridine rings is 1. The van der Waals surface area contributed by atoms with Crippen molar-refractivity contribution in [3.8, 4) is 0 Å². The Hall–Kier alpha value is -2.07. The minimum absolute atomic E-state index is 0.687. The third-order valence-corrected chi connectivity index (χ3v) is 4.25. The molecule has 0 unspecified atom stereocenters. The molecule has 0 amide bonds. The van der Waals surface area contributed by atoms with E-state index in [1.165, 1.54) is 0 Å². The van der Waals surface area contributed by atoms with Crippen LogP contribution in [-0.2, 0) is 13.0 Å². The summed E-state index contributed by atoms with van der Waals surface area (Å²) in [6.07, 6.45) is 3.18. The van der Waals surface area contributed by atoms with E-state index in [-0.39, 0.29) is 0 Å². The van der Waals surface area contributed by atoms with Gasteiger partial charge in [0.1, 0.15) is 11.3 Å². The fourth-order valence-electron chi connectivity index (χ4n) is 2.71. The molecular formula is C18H21ClN4. The Morgan fingerprint density at radius 1 is 1.22 bits per heavy atom. The highest BCUT2D eigenvalue weighted by molar-refractivity contribution is 6.30. The number of anilines is 1. The molecule has 0 bridgehead atoms. The van der Waals surface area contributed by atoms with Crippen molar-refractivity contribution in [2.24, 2.45) is 0 Å². The number of hydrogen-bond acceptors (Lipinski definition) is 3. The van der Waals surface area contributed by atoms with E-state index in [1.54, 1.807) is 0 Å². The summed E-state index contributed by atoms with van der Waals surface area (Å²) < 4.78 is 2.18. The zero-order chi connectivity index (χ0) is 16.4. The number of imidazole rings is 1. The second kappa shape index (κ2) is 6.59. The number of fused-ring (bicyclic) bond motifs is 1. The molecule has 0 spiro atoms. The number of unbranched alkanes of at least 4 members (excludes halogenated alkanes) is 1. The average molecular weight is 329 g/mol. The predicted molar refractivity (Wildman–Crippen MR) is 95.8 cm³/mol. The molecular weight excluding hydrogens is 308 g/mol. The number of halogens is 1. The minimum atomic E-state index is 0.687. The molecule has 23 heavy (non-hydrogen) atoms. The number of aromatic nitrogens is 3. The van der Waals surface area contributed by atoms with Crippen LogP contribution in [-0.4, -0.2) is 14.5 Å². The van der Waals surface area contributed by atoms with Crippen LogP contribution in [0.3, 0.4) is 0 Å². The first kappa shape index (κ1) is 15.8. The Morgan fingerprint density at radius 3 is 2.78 bits per heavy atom. The van der Waals surface area contributed by atoms with Gasteiger partial charge >= 0.3 is 0 Å². The molecule has 0 saturated heterocycles. The number of nitrogens with zero attached hydrogens (tertiary/aromatic N) is 3. The molecule has 3 aromatic rings. The standard InChI is InChI=1S/C18H21ClN4/c1-3-4-8-17-22-16-10-15(20)12(2)21-18(16)23(17)11-13-6-5-7-14(19)9-13/h5-7,9-10H,3-4,8,11,20H2,1-2H3. The van der Waals surface area contributed by atoms with Gasteiger partial charge in [-0.25, -0.2) is 9.97 Å². The number of nitrogens with two attached hydrogens (primary N) is 1. The Kier molecular flexibility index (Phi) is 4.53. The minimum Gasteiger partial charge on any atom is -0.397 e. The van der Waals surface area contributed by atoms with E-state index in [9.17, 15) is 0 Å². The van der Waals surface area contributed by atoms with E-state index < -0.39 is 0 Å². The first-order valence-electron chi connectivity index (χ1n) is 7.95. The molecule has 0 atom stereocenters. The van der Waals surface area contributed by atoms with Crippen molar-refractivity contribution in [3.63, 3.8) is 0 Å². The quantitative estimate of drug-likeness (QED) is 0.756. The SMILES string of the molecule is CCCCc1nc2cc(N)c(C)nc2n1Cc1cccc(Cl)c1. The van der Waals surface area contributed by atoms with Crippen molar-refractivity contribution in [1.29, 1.82) is 0 Å². The van der Waals surface area contributed by atoms with E-state index >= 15 is 0 Å². The van der Waals surface area contributed by atoms with Crippen molar-refractivity contribution in [2.75, 3.05) is 5.73 Å². The maximum absolute atomic E-state index is 6.12. The topological polar surface area (TPSA) is 56.7 Å². The van der Waals surface area contributed by atoms with Crippen LogP contribution in [0.4, 0.5) is 5.69 Å². The van der Waals surface area contributed by atoms with E-state index in [0.29, 0.717) is 12.2 Å². The Morgan fingerprint density at radius 2 is 2.04 bits per heavy atom. The zero-order valence-electron chi connectivity index (χ0n) is 13.5. The summed E-state index contributed by atoms with van der Waals surface area (Å²) in [6.45, 7) is 4.83. The third-order valence-electron chi connectivity index (χ3n) is 4.01. The van der Waals surface area contributed by atoms with E-state index in [2.05, 4.69) is 22.5 Å². The number of nitrogen functional groups attached to an aromatic ring is 1. The highest BCUT2D eigenvalue weighted by atomic mass is 35.5. The second-order valence-corrected chi connectivity index (χ2v) is 6.29. The van der Waals surface area contributed by atoms with Crippen LogP contribution in [0.2, 0.25) is 5.02 Å². The van der Waals surface area contributed by atoms with Crippen molar-refractivity contribution >= 4 is 28.5 Å². The molecule has 2 aromatic heterocycles. The molecule has 0 aliphatic rings. The summed E-state index contributed by atoms with van der Waals surface area (Å²) >= 11 is 6.12. The zero-order valence-corrected chi connectivity index (χ0v) is 14.3. The molecule has 4 nitrogen and oxygen atoms in total.